The molecule has 0 atom stereocenters. The molecule has 2 aromatic carbocycles. The van der Waals surface area contributed by atoms with Crippen molar-refractivity contribution in [1.82, 2.24) is 0 Å². The Bertz CT molecular complexity index is 657. The van der Waals surface area contributed by atoms with Gasteiger partial charge in [0, 0.05) is 10.8 Å². The summed E-state index contributed by atoms with van der Waals surface area (Å²) in [7, 11) is -1.26. The summed E-state index contributed by atoms with van der Waals surface area (Å²) < 4.78 is 5.66. The van der Waals surface area contributed by atoms with E-state index in [1.54, 1.807) is 6.07 Å². The molecule has 0 aliphatic carbocycles. The van der Waals surface area contributed by atoms with Crippen molar-refractivity contribution < 1.29 is 14.5 Å². The highest BCUT2D eigenvalue weighted by Gasteiger charge is 2.27. The Labute approximate surface area is 92.1 Å². The molecule has 78 valence electrons. The van der Waals surface area contributed by atoms with Gasteiger partial charge in [0.05, 0.1) is 5.46 Å². The van der Waals surface area contributed by atoms with Crippen LogP contribution in [0.1, 0.15) is 0 Å². The first kappa shape index (κ1) is 9.45. The highest BCUT2D eigenvalue weighted by molar-refractivity contribution is 6.61. The van der Waals surface area contributed by atoms with Crippen molar-refractivity contribution in [2.45, 2.75) is 0 Å². The van der Waals surface area contributed by atoms with E-state index in [-0.39, 0.29) is 0 Å². The summed E-state index contributed by atoms with van der Waals surface area (Å²) in [5.41, 5.74) is 1.89. The second kappa shape index (κ2) is 3.37. The first-order valence-electron chi connectivity index (χ1n) is 5.07. The van der Waals surface area contributed by atoms with E-state index in [1.165, 1.54) is 0 Å². The van der Waals surface area contributed by atoms with Gasteiger partial charge >= 0.3 is 7.12 Å². The average Bonchev–Trinajstić information content (AvgIpc) is 2.67. The molecule has 0 bridgehead atoms. The first-order valence-corrected chi connectivity index (χ1v) is 5.07. The number of benzene rings is 2. The molecule has 0 spiro atoms. The zero-order chi connectivity index (χ0) is 11.1. The summed E-state index contributed by atoms with van der Waals surface area (Å²) in [6.07, 6.45) is 0. The molecule has 3 N–H and O–H groups in total. The SMILES string of the molecule is OB([OH2+])c1cccc2c1oc1ccccc12. The fourth-order valence-corrected chi connectivity index (χ4v) is 1.98. The Hall–Kier alpha value is -1.78. The van der Waals surface area contributed by atoms with Gasteiger partial charge in [-0.15, -0.1) is 0 Å². The van der Waals surface area contributed by atoms with E-state index in [4.69, 9.17) is 9.44 Å². The van der Waals surface area contributed by atoms with Gasteiger partial charge in [-0.05, 0) is 6.07 Å². The lowest BCUT2D eigenvalue weighted by Gasteiger charge is -1.94. The maximum absolute atomic E-state index is 9.35. The quantitative estimate of drug-likeness (QED) is 0.484. The van der Waals surface area contributed by atoms with Gasteiger partial charge in [-0.2, -0.15) is 0 Å². The van der Waals surface area contributed by atoms with E-state index in [1.807, 2.05) is 36.4 Å². The number of rotatable bonds is 1. The minimum Gasteiger partial charge on any atom is -0.522 e. The number of fused-ring (bicyclic) bond motifs is 3. The van der Waals surface area contributed by atoms with Crippen LogP contribution in [0.3, 0.4) is 0 Å². The van der Waals surface area contributed by atoms with E-state index >= 15 is 0 Å². The molecule has 0 saturated heterocycles. The van der Waals surface area contributed by atoms with Gasteiger partial charge in [0.1, 0.15) is 11.2 Å². The van der Waals surface area contributed by atoms with Crippen LogP contribution in [0.5, 0.6) is 0 Å². The molecule has 0 unspecified atom stereocenters. The van der Waals surface area contributed by atoms with Gasteiger partial charge in [0.2, 0.25) is 0 Å². The normalized spacial score (nSPS) is 11.1. The fraction of sp³-hybridized carbons (Fsp3) is 0. The predicted molar refractivity (Wildman–Crippen MR) is 64.9 cm³/mol. The lowest BCUT2D eigenvalue weighted by molar-refractivity contribution is 0.425. The molecule has 3 nitrogen and oxygen atoms in total. The molecular formula is C12H10BO3+. The standard InChI is InChI=1S/C12H9BO3/c14-13(15)10-6-3-5-9-8-4-1-2-7-11(8)16-12(9)10/h1-7,14-15H/p+1. The molecule has 0 radical (unpaired) electrons. The molecule has 3 rings (SSSR count). The summed E-state index contributed by atoms with van der Waals surface area (Å²) in [5, 5.41) is 18.7. The van der Waals surface area contributed by atoms with Crippen LogP contribution in [0.15, 0.2) is 46.9 Å². The predicted octanol–water partition coefficient (Wildman–Crippen LogP) is 0.998. The van der Waals surface area contributed by atoms with Crippen molar-refractivity contribution in [1.29, 1.82) is 0 Å². The van der Waals surface area contributed by atoms with Crippen molar-refractivity contribution >= 4 is 34.5 Å². The molecule has 0 aliphatic heterocycles. The third-order valence-electron chi connectivity index (χ3n) is 2.73. The van der Waals surface area contributed by atoms with Crippen LogP contribution in [0, 0.1) is 0 Å². The molecule has 0 amide bonds. The Kier molecular flexibility index (Phi) is 1.99. The largest absolute Gasteiger partial charge is 0.731 e. The van der Waals surface area contributed by atoms with E-state index in [0.717, 1.165) is 16.4 Å². The van der Waals surface area contributed by atoms with Crippen LogP contribution in [0.2, 0.25) is 0 Å². The Morgan fingerprint density at radius 2 is 1.75 bits per heavy atom. The smallest absolute Gasteiger partial charge is 0.522 e. The van der Waals surface area contributed by atoms with Crippen LogP contribution >= 0.6 is 0 Å². The maximum Gasteiger partial charge on any atom is 0.731 e. The zero-order valence-electron chi connectivity index (χ0n) is 8.47. The maximum atomic E-state index is 9.35. The summed E-state index contributed by atoms with van der Waals surface area (Å²) >= 11 is 0. The second-order valence-corrected chi connectivity index (χ2v) is 3.72. The summed E-state index contributed by atoms with van der Waals surface area (Å²) in [6.45, 7) is 0. The molecule has 0 aliphatic rings. The molecule has 3 aromatic rings. The third-order valence-corrected chi connectivity index (χ3v) is 2.73. The van der Waals surface area contributed by atoms with Crippen molar-refractivity contribution in [2.75, 3.05) is 0 Å². The van der Waals surface area contributed by atoms with Crippen LogP contribution in [-0.2, 0) is 0 Å². The van der Waals surface area contributed by atoms with Crippen molar-refractivity contribution in [2.24, 2.45) is 0 Å². The molecule has 16 heavy (non-hydrogen) atoms. The summed E-state index contributed by atoms with van der Waals surface area (Å²) in [4.78, 5) is 0. The number of hydrogen-bond acceptors (Lipinski definition) is 2. The fourth-order valence-electron chi connectivity index (χ4n) is 1.98. The third kappa shape index (κ3) is 1.24. The molecular weight excluding hydrogens is 203 g/mol. The van der Waals surface area contributed by atoms with Gasteiger partial charge in [-0.25, -0.2) is 0 Å². The van der Waals surface area contributed by atoms with E-state index in [0.29, 0.717) is 11.0 Å². The van der Waals surface area contributed by atoms with Gasteiger partial charge in [0.15, 0.2) is 0 Å². The van der Waals surface area contributed by atoms with Gasteiger partial charge < -0.3 is 14.5 Å². The average molecular weight is 213 g/mol. The molecule has 0 saturated carbocycles. The molecule has 0 fully saturated rings. The van der Waals surface area contributed by atoms with E-state index in [9.17, 15) is 5.02 Å². The highest BCUT2D eigenvalue weighted by atomic mass is 16.4. The Balaban J connectivity index is 2.49. The van der Waals surface area contributed by atoms with Gasteiger partial charge in [-0.1, -0.05) is 36.4 Å². The first-order chi connectivity index (χ1) is 7.77. The Morgan fingerprint density at radius 3 is 2.56 bits per heavy atom. The molecule has 1 aromatic heterocycles. The minimum absolute atomic E-state index is 0.508. The summed E-state index contributed by atoms with van der Waals surface area (Å²) in [5.74, 6) is 0. The lowest BCUT2D eigenvalue weighted by atomic mass is 9.79. The van der Waals surface area contributed by atoms with Crippen LogP contribution < -0.4 is 5.46 Å². The number of para-hydroxylation sites is 2. The van der Waals surface area contributed by atoms with Crippen molar-refractivity contribution in [3.8, 4) is 0 Å². The molecule has 1 heterocycles. The monoisotopic (exact) mass is 213 g/mol. The van der Waals surface area contributed by atoms with Gasteiger partial charge in [-0.3, -0.25) is 0 Å². The number of hydrogen-bond donors (Lipinski definition) is 1. The minimum atomic E-state index is -1.26. The Morgan fingerprint density at radius 1 is 1.00 bits per heavy atom. The second-order valence-electron chi connectivity index (χ2n) is 3.72. The lowest BCUT2D eigenvalue weighted by Crippen LogP contribution is -2.29. The van der Waals surface area contributed by atoms with E-state index < -0.39 is 7.12 Å². The topological polar surface area (TPSA) is 56.3 Å². The van der Waals surface area contributed by atoms with Crippen molar-refractivity contribution in [3.05, 3.63) is 42.5 Å². The summed E-state index contributed by atoms with van der Waals surface area (Å²) in [6, 6.07) is 13.2. The highest BCUT2D eigenvalue weighted by Crippen LogP contribution is 2.26. The zero-order valence-corrected chi connectivity index (χ0v) is 8.47. The molecule has 4 heteroatoms. The number of furan rings is 1. The van der Waals surface area contributed by atoms with Crippen molar-refractivity contribution in [3.63, 3.8) is 0 Å². The van der Waals surface area contributed by atoms with Gasteiger partial charge in [0.25, 0.3) is 0 Å². The van der Waals surface area contributed by atoms with Crippen LogP contribution in [0.25, 0.3) is 21.9 Å². The van der Waals surface area contributed by atoms with E-state index in [2.05, 4.69) is 0 Å². The van der Waals surface area contributed by atoms with Crippen LogP contribution in [-0.4, -0.2) is 17.2 Å². The van der Waals surface area contributed by atoms with Crippen LogP contribution in [0.4, 0.5) is 0 Å².